The minimum atomic E-state index is -3.55. The van der Waals surface area contributed by atoms with Crippen LogP contribution in [0.5, 0.6) is 0 Å². The fourth-order valence-electron chi connectivity index (χ4n) is 3.06. The number of hydrogen-bond acceptors (Lipinski definition) is 4. The number of aryl methyl sites for hydroxylation is 2. The molecule has 0 amide bonds. The molecule has 2 rings (SSSR count). The van der Waals surface area contributed by atoms with E-state index in [-0.39, 0.29) is 29.7 Å². The minimum Gasteiger partial charge on any atom is -0.229 e. The minimum absolute atomic E-state index is 0.0901. The summed E-state index contributed by atoms with van der Waals surface area (Å²) in [5.41, 5.74) is 1.98. The molecule has 0 aromatic heterocycles. The first-order valence-corrected chi connectivity index (χ1v) is 11.5. The maximum Gasteiger partial charge on any atom is 0.243 e. The Kier molecular flexibility index (Phi) is 5.77. The van der Waals surface area contributed by atoms with E-state index in [1.807, 2.05) is 33.8 Å². The van der Waals surface area contributed by atoms with Crippen LogP contribution < -0.4 is 0 Å². The lowest BCUT2D eigenvalue weighted by molar-refractivity contribution is 0.345. The zero-order chi connectivity index (χ0) is 18.1. The maximum absolute atomic E-state index is 12.8. The molecule has 1 aromatic carbocycles. The average molecular weight is 374 g/mol. The molecule has 5 nitrogen and oxygen atoms in total. The highest BCUT2D eigenvalue weighted by atomic mass is 32.2. The van der Waals surface area contributed by atoms with Crippen LogP contribution in [-0.4, -0.2) is 45.2 Å². The van der Waals surface area contributed by atoms with Gasteiger partial charge in [-0.15, -0.1) is 0 Å². The Morgan fingerprint density at radius 2 is 1.62 bits per heavy atom. The Morgan fingerprint density at radius 1 is 1.04 bits per heavy atom. The van der Waals surface area contributed by atoms with Crippen molar-refractivity contribution in [3.05, 3.63) is 29.3 Å². The largest absolute Gasteiger partial charge is 0.243 e. The second-order valence-electron chi connectivity index (χ2n) is 7.07. The number of piperidine rings is 1. The van der Waals surface area contributed by atoms with Gasteiger partial charge >= 0.3 is 0 Å². The highest BCUT2D eigenvalue weighted by Gasteiger charge is 2.35. The summed E-state index contributed by atoms with van der Waals surface area (Å²) in [5, 5.41) is -0.425. The molecule has 0 N–H and O–H groups in total. The quantitative estimate of drug-likeness (QED) is 0.795. The lowest BCUT2D eigenvalue weighted by Crippen LogP contribution is -2.43. The summed E-state index contributed by atoms with van der Waals surface area (Å²) in [6.07, 6.45) is 0.748. The summed E-state index contributed by atoms with van der Waals surface area (Å²) < 4.78 is 51.6. The van der Waals surface area contributed by atoms with Crippen molar-refractivity contribution in [3.63, 3.8) is 0 Å². The Labute approximate surface area is 146 Å². The normalized spacial score (nSPS) is 18.2. The summed E-state index contributed by atoms with van der Waals surface area (Å²) in [7, 11) is -6.70. The fourth-order valence-corrected chi connectivity index (χ4v) is 6.74. The molecule has 136 valence electrons. The Morgan fingerprint density at radius 3 is 2.12 bits per heavy atom. The molecule has 0 spiro atoms. The van der Waals surface area contributed by atoms with E-state index in [9.17, 15) is 16.8 Å². The molecule has 7 heteroatoms. The number of rotatable bonds is 5. The van der Waals surface area contributed by atoms with Crippen LogP contribution in [0, 0.1) is 19.8 Å². The van der Waals surface area contributed by atoms with Crippen molar-refractivity contribution in [2.24, 2.45) is 5.92 Å². The molecule has 1 fully saturated rings. The maximum atomic E-state index is 12.8. The van der Waals surface area contributed by atoms with Crippen molar-refractivity contribution in [1.82, 2.24) is 4.31 Å². The van der Waals surface area contributed by atoms with Crippen LogP contribution in [0.25, 0.3) is 0 Å². The van der Waals surface area contributed by atoms with E-state index in [1.54, 1.807) is 12.1 Å². The van der Waals surface area contributed by atoms with Crippen molar-refractivity contribution in [1.29, 1.82) is 0 Å². The van der Waals surface area contributed by atoms with Gasteiger partial charge in [0.2, 0.25) is 10.0 Å². The Bertz CT molecular complexity index is 790. The van der Waals surface area contributed by atoms with Crippen LogP contribution in [0.4, 0.5) is 0 Å². The molecule has 24 heavy (non-hydrogen) atoms. The standard InChI is InChI=1S/C17H27NO4S2/c1-13(2)12-23(19,20)16-7-9-18(10-8-16)24(21,22)17-6-5-14(3)15(4)11-17/h5-6,11,13,16H,7-10,12H2,1-4H3. The molecule has 0 aliphatic carbocycles. The van der Waals surface area contributed by atoms with Crippen LogP contribution in [0.1, 0.15) is 37.8 Å². The van der Waals surface area contributed by atoms with Gasteiger partial charge in [0.1, 0.15) is 0 Å². The molecule has 1 heterocycles. The van der Waals surface area contributed by atoms with E-state index in [0.29, 0.717) is 12.8 Å². The van der Waals surface area contributed by atoms with Crippen LogP contribution in [-0.2, 0) is 19.9 Å². The second-order valence-corrected chi connectivity index (χ2v) is 11.3. The predicted octanol–water partition coefficient (Wildman–Crippen LogP) is 2.53. The topological polar surface area (TPSA) is 71.5 Å². The van der Waals surface area contributed by atoms with Crippen LogP contribution in [0.2, 0.25) is 0 Å². The number of sulfone groups is 1. The molecular weight excluding hydrogens is 346 g/mol. The van der Waals surface area contributed by atoms with Crippen LogP contribution in [0.15, 0.2) is 23.1 Å². The average Bonchev–Trinajstić information content (AvgIpc) is 2.49. The van der Waals surface area contributed by atoms with Crippen molar-refractivity contribution >= 4 is 19.9 Å². The van der Waals surface area contributed by atoms with E-state index in [4.69, 9.17) is 0 Å². The van der Waals surface area contributed by atoms with Gasteiger partial charge in [0.25, 0.3) is 0 Å². The van der Waals surface area contributed by atoms with E-state index >= 15 is 0 Å². The van der Waals surface area contributed by atoms with Gasteiger partial charge in [-0.2, -0.15) is 4.31 Å². The third-order valence-corrected chi connectivity index (χ3v) is 9.10. The molecule has 1 aromatic rings. The van der Waals surface area contributed by atoms with Gasteiger partial charge in [-0.1, -0.05) is 19.9 Å². The number of hydrogen-bond donors (Lipinski definition) is 0. The molecule has 1 aliphatic rings. The monoisotopic (exact) mass is 373 g/mol. The zero-order valence-electron chi connectivity index (χ0n) is 14.8. The van der Waals surface area contributed by atoms with Crippen LogP contribution in [0.3, 0.4) is 0 Å². The fraction of sp³-hybridized carbons (Fsp3) is 0.647. The van der Waals surface area contributed by atoms with Crippen molar-refractivity contribution in [2.75, 3.05) is 18.8 Å². The van der Waals surface area contributed by atoms with Gasteiger partial charge in [-0.05, 0) is 55.9 Å². The number of benzene rings is 1. The molecule has 0 bridgehead atoms. The number of sulfonamides is 1. The molecule has 0 radical (unpaired) electrons. The second kappa shape index (κ2) is 7.14. The summed E-state index contributed by atoms with van der Waals surface area (Å²) in [6.45, 7) is 8.12. The van der Waals surface area contributed by atoms with Crippen molar-refractivity contribution in [2.45, 2.75) is 50.7 Å². The van der Waals surface area contributed by atoms with Gasteiger partial charge in [-0.25, -0.2) is 16.8 Å². The van der Waals surface area contributed by atoms with Gasteiger partial charge in [0.15, 0.2) is 9.84 Å². The third-order valence-electron chi connectivity index (χ3n) is 4.59. The summed E-state index contributed by atoms with van der Waals surface area (Å²) in [4.78, 5) is 0.286. The Balaban J connectivity index is 2.12. The van der Waals surface area contributed by atoms with Crippen LogP contribution >= 0.6 is 0 Å². The van der Waals surface area contributed by atoms with E-state index in [2.05, 4.69) is 0 Å². The summed E-state index contributed by atoms with van der Waals surface area (Å²) in [6, 6.07) is 5.12. The van der Waals surface area contributed by atoms with Gasteiger partial charge in [-0.3, -0.25) is 0 Å². The molecule has 0 unspecified atom stereocenters. The Hall–Kier alpha value is -0.920. The van der Waals surface area contributed by atoms with Gasteiger partial charge < -0.3 is 0 Å². The third kappa shape index (κ3) is 4.18. The molecule has 0 atom stereocenters. The first-order valence-electron chi connectivity index (χ1n) is 8.33. The molecule has 1 saturated heterocycles. The zero-order valence-corrected chi connectivity index (χ0v) is 16.5. The van der Waals surface area contributed by atoms with Crippen molar-refractivity contribution in [3.8, 4) is 0 Å². The molecule has 1 aliphatic heterocycles. The van der Waals surface area contributed by atoms with Gasteiger partial charge in [0, 0.05) is 13.1 Å². The summed E-state index contributed by atoms with van der Waals surface area (Å²) >= 11 is 0. The SMILES string of the molecule is Cc1ccc(S(=O)(=O)N2CCC(S(=O)(=O)CC(C)C)CC2)cc1C. The van der Waals surface area contributed by atoms with E-state index in [0.717, 1.165) is 11.1 Å². The summed E-state index contributed by atoms with van der Waals surface area (Å²) in [5.74, 6) is 0.258. The molecule has 0 saturated carbocycles. The predicted molar refractivity (Wildman–Crippen MR) is 96.3 cm³/mol. The smallest absolute Gasteiger partial charge is 0.229 e. The lowest BCUT2D eigenvalue weighted by Gasteiger charge is -2.31. The molecular formula is C17H27NO4S2. The number of nitrogens with zero attached hydrogens (tertiary/aromatic N) is 1. The first kappa shape index (κ1) is 19.4. The highest BCUT2D eigenvalue weighted by molar-refractivity contribution is 7.92. The lowest BCUT2D eigenvalue weighted by atomic mass is 10.1. The van der Waals surface area contributed by atoms with E-state index < -0.39 is 25.1 Å². The first-order chi connectivity index (χ1) is 11.0. The van der Waals surface area contributed by atoms with Gasteiger partial charge in [0.05, 0.1) is 15.9 Å². The highest BCUT2D eigenvalue weighted by Crippen LogP contribution is 2.26. The van der Waals surface area contributed by atoms with E-state index in [1.165, 1.54) is 4.31 Å². The van der Waals surface area contributed by atoms with Crippen molar-refractivity contribution < 1.29 is 16.8 Å².